The molecule has 0 spiro atoms. The first-order chi connectivity index (χ1) is 17.6. The molecule has 1 saturated heterocycles. The summed E-state index contributed by atoms with van der Waals surface area (Å²) in [6, 6.07) is 9.51. The number of nitrogens with one attached hydrogen (secondary N) is 2. The highest BCUT2D eigenvalue weighted by Gasteiger charge is 2.53. The Kier molecular flexibility index (Phi) is 6.70. The molecule has 10 heteroatoms. The lowest BCUT2D eigenvalue weighted by Gasteiger charge is -2.57. The van der Waals surface area contributed by atoms with Crippen molar-refractivity contribution in [2.45, 2.75) is 64.0 Å². The molecule has 2 aromatic heterocycles. The van der Waals surface area contributed by atoms with E-state index in [9.17, 15) is 14.3 Å². The number of pyridine rings is 1. The normalized spacial score (nSPS) is 23.4. The zero-order valence-corrected chi connectivity index (χ0v) is 21.6. The van der Waals surface area contributed by atoms with Gasteiger partial charge in [-0.05, 0) is 64.2 Å². The van der Waals surface area contributed by atoms with Crippen LogP contribution in [0.2, 0.25) is 5.02 Å². The van der Waals surface area contributed by atoms with Crippen molar-refractivity contribution in [3.05, 3.63) is 70.0 Å². The number of carboxylic acid groups (broad SMARTS) is 1. The van der Waals surface area contributed by atoms with Gasteiger partial charge in [-0.25, -0.2) is 13.8 Å². The SMILES string of the molecule is Cc1cc(Nc2ccc(F)c(C[C@@]3(C(=O)O)CCN(C4(c5cccc(Cl)c5F)CCC4)[C@H](C)C3)n2)n[nH]1. The highest BCUT2D eigenvalue weighted by molar-refractivity contribution is 6.30. The number of nitrogens with zero attached hydrogens (tertiary/aromatic N) is 3. The van der Waals surface area contributed by atoms with Crippen molar-refractivity contribution in [3.63, 3.8) is 0 Å². The van der Waals surface area contributed by atoms with Crippen LogP contribution in [0.25, 0.3) is 0 Å². The van der Waals surface area contributed by atoms with Crippen LogP contribution in [0.1, 0.15) is 56.0 Å². The average Bonchev–Trinajstić information content (AvgIpc) is 3.23. The standard InChI is InChI=1S/C27H30ClF2N5O2/c1-16-13-23(34-33-16)32-22-8-7-20(29)21(31-22)15-26(25(36)37)11-12-35(17(2)14-26)27(9-4-10-27)18-5-3-6-19(28)24(18)30/h3,5-8,13,17H,4,9-12,14-15H2,1-2H3,(H,36,37)(H2,31,32,33,34)/t17-,26-/m1/s1. The van der Waals surface area contributed by atoms with Gasteiger partial charge in [0.05, 0.1) is 16.1 Å². The minimum absolute atomic E-state index is 0.0417. The Labute approximate surface area is 219 Å². The Morgan fingerprint density at radius 1 is 1.24 bits per heavy atom. The van der Waals surface area contributed by atoms with Crippen molar-refractivity contribution >= 4 is 29.2 Å². The van der Waals surface area contributed by atoms with Crippen molar-refractivity contribution in [2.24, 2.45) is 5.41 Å². The molecule has 1 saturated carbocycles. The summed E-state index contributed by atoms with van der Waals surface area (Å²) in [7, 11) is 0. The molecule has 0 amide bonds. The number of hydrogen-bond acceptors (Lipinski definition) is 5. The fourth-order valence-corrected chi connectivity index (χ4v) is 6.27. The van der Waals surface area contributed by atoms with Crippen LogP contribution in [0.5, 0.6) is 0 Å². The first-order valence-corrected chi connectivity index (χ1v) is 12.9. The molecule has 37 heavy (non-hydrogen) atoms. The summed E-state index contributed by atoms with van der Waals surface area (Å²) in [5, 5.41) is 20.4. The Hall–Kier alpha value is -3.04. The number of likely N-dealkylation sites (tertiary alicyclic amines) is 1. The van der Waals surface area contributed by atoms with Crippen molar-refractivity contribution in [3.8, 4) is 0 Å². The summed E-state index contributed by atoms with van der Waals surface area (Å²) in [6.07, 6.45) is 3.08. The summed E-state index contributed by atoms with van der Waals surface area (Å²) in [5.41, 5.74) is -0.171. The van der Waals surface area contributed by atoms with Gasteiger partial charge < -0.3 is 10.4 Å². The number of hydrogen-bond donors (Lipinski definition) is 3. The lowest BCUT2D eigenvalue weighted by molar-refractivity contribution is -0.157. The molecule has 3 N–H and O–H groups in total. The number of anilines is 2. The van der Waals surface area contributed by atoms with E-state index in [0.29, 0.717) is 36.6 Å². The summed E-state index contributed by atoms with van der Waals surface area (Å²) < 4.78 is 30.0. The molecular weight excluding hydrogens is 500 g/mol. The van der Waals surface area contributed by atoms with Crippen molar-refractivity contribution in [1.82, 2.24) is 20.1 Å². The first kappa shape index (κ1) is 25.6. The van der Waals surface area contributed by atoms with E-state index in [1.54, 1.807) is 24.3 Å². The van der Waals surface area contributed by atoms with Crippen LogP contribution in [0.3, 0.4) is 0 Å². The Morgan fingerprint density at radius 2 is 2.03 bits per heavy atom. The van der Waals surface area contributed by atoms with E-state index in [-0.39, 0.29) is 23.2 Å². The third kappa shape index (κ3) is 4.59. The van der Waals surface area contributed by atoms with Gasteiger partial charge in [-0.2, -0.15) is 5.10 Å². The van der Waals surface area contributed by atoms with Gasteiger partial charge in [0.15, 0.2) is 5.82 Å². The van der Waals surface area contributed by atoms with Crippen LogP contribution in [-0.2, 0) is 16.8 Å². The summed E-state index contributed by atoms with van der Waals surface area (Å²) in [4.78, 5) is 19.3. The molecular formula is C27H30ClF2N5O2. The van der Waals surface area contributed by atoms with Gasteiger partial charge in [0.2, 0.25) is 0 Å². The fraction of sp³-hybridized carbons (Fsp3) is 0.444. The second-order valence-corrected chi connectivity index (χ2v) is 10.8. The van der Waals surface area contributed by atoms with Crippen molar-refractivity contribution in [1.29, 1.82) is 0 Å². The van der Waals surface area contributed by atoms with Crippen LogP contribution < -0.4 is 5.32 Å². The van der Waals surface area contributed by atoms with E-state index < -0.39 is 28.6 Å². The number of halogens is 3. The van der Waals surface area contributed by atoms with Gasteiger partial charge in [0.25, 0.3) is 0 Å². The van der Waals surface area contributed by atoms with E-state index in [0.717, 1.165) is 25.0 Å². The highest BCUT2D eigenvalue weighted by atomic mass is 35.5. The molecule has 1 aromatic carbocycles. The predicted molar refractivity (Wildman–Crippen MR) is 137 cm³/mol. The zero-order chi connectivity index (χ0) is 26.4. The van der Waals surface area contributed by atoms with Crippen LogP contribution in [0.15, 0.2) is 36.4 Å². The quantitative estimate of drug-likeness (QED) is 0.349. The molecule has 0 radical (unpaired) electrons. The van der Waals surface area contributed by atoms with Crippen LogP contribution in [-0.4, -0.2) is 43.7 Å². The number of aromatic nitrogens is 3. The van der Waals surface area contributed by atoms with Crippen molar-refractivity contribution in [2.75, 3.05) is 11.9 Å². The number of piperidine rings is 1. The Balaban J connectivity index is 1.40. The van der Waals surface area contributed by atoms with Gasteiger partial charge >= 0.3 is 5.97 Å². The van der Waals surface area contributed by atoms with Gasteiger partial charge in [-0.3, -0.25) is 14.8 Å². The minimum atomic E-state index is -1.19. The molecule has 7 nitrogen and oxygen atoms in total. The number of benzene rings is 1. The van der Waals surface area contributed by atoms with E-state index >= 15 is 4.39 Å². The second-order valence-electron chi connectivity index (χ2n) is 10.4. The number of aliphatic carboxylic acids is 1. The molecule has 2 atom stereocenters. The third-order valence-electron chi connectivity index (χ3n) is 8.07. The maximum Gasteiger partial charge on any atom is 0.310 e. The Morgan fingerprint density at radius 3 is 2.65 bits per heavy atom. The van der Waals surface area contributed by atoms with E-state index in [2.05, 4.69) is 25.4 Å². The average molecular weight is 530 g/mol. The first-order valence-electron chi connectivity index (χ1n) is 12.5. The molecule has 5 rings (SSSR count). The molecule has 2 fully saturated rings. The van der Waals surface area contributed by atoms with Gasteiger partial charge in [0.1, 0.15) is 17.5 Å². The Bertz CT molecular complexity index is 1330. The number of aryl methyl sites for hydroxylation is 1. The number of carboxylic acids is 1. The number of H-pyrrole nitrogens is 1. The van der Waals surface area contributed by atoms with E-state index in [4.69, 9.17) is 11.6 Å². The van der Waals surface area contributed by atoms with Crippen LogP contribution in [0.4, 0.5) is 20.4 Å². The summed E-state index contributed by atoms with van der Waals surface area (Å²) in [5.74, 6) is -1.00. The summed E-state index contributed by atoms with van der Waals surface area (Å²) in [6.45, 7) is 4.28. The minimum Gasteiger partial charge on any atom is -0.481 e. The van der Waals surface area contributed by atoms with Gasteiger partial charge in [-0.1, -0.05) is 23.7 Å². The summed E-state index contributed by atoms with van der Waals surface area (Å²) >= 11 is 6.11. The van der Waals surface area contributed by atoms with Crippen LogP contribution >= 0.6 is 11.6 Å². The predicted octanol–water partition coefficient (Wildman–Crippen LogP) is 5.97. The molecule has 196 valence electrons. The molecule has 0 bridgehead atoms. The van der Waals surface area contributed by atoms with Crippen LogP contribution in [0, 0.1) is 24.0 Å². The highest BCUT2D eigenvalue weighted by Crippen LogP contribution is 2.52. The molecule has 2 aliphatic rings. The number of aromatic amines is 1. The molecule has 3 aromatic rings. The maximum atomic E-state index is 15.1. The fourth-order valence-electron chi connectivity index (χ4n) is 6.10. The molecule has 3 heterocycles. The smallest absolute Gasteiger partial charge is 0.310 e. The largest absolute Gasteiger partial charge is 0.481 e. The number of rotatable bonds is 7. The van der Waals surface area contributed by atoms with E-state index in [1.165, 1.54) is 12.1 Å². The number of carbonyl (C=O) groups is 1. The van der Waals surface area contributed by atoms with Crippen molar-refractivity contribution < 1.29 is 18.7 Å². The monoisotopic (exact) mass is 529 g/mol. The molecule has 1 aliphatic heterocycles. The lowest BCUT2D eigenvalue weighted by atomic mass is 9.65. The molecule has 1 aliphatic carbocycles. The maximum absolute atomic E-state index is 15.1. The molecule has 0 unspecified atom stereocenters. The second kappa shape index (κ2) is 9.68. The van der Waals surface area contributed by atoms with E-state index in [1.807, 2.05) is 13.8 Å². The van der Waals surface area contributed by atoms with Gasteiger partial charge in [0, 0.05) is 41.9 Å². The lowest BCUT2D eigenvalue weighted by Crippen LogP contribution is -2.60. The zero-order valence-electron chi connectivity index (χ0n) is 20.8. The van der Waals surface area contributed by atoms with Gasteiger partial charge in [-0.15, -0.1) is 0 Å². The third-order valence-corrected chi connectivity index (χ3v) is 8.37. The topological polar surface area (TPSA) is 94.1 Å².